The Morgan fingerprint density at radius 1 is 0.887 bits per heavy atom. The lowest BCUT2D eigenvalue weighted by molar-refractivity contribution is 0.0999. The number of carbonyl (C=O) groups is 2. The van der Waals surface area contributed by atoms with Gasteiger partial charge in [-0.25, -0.2) is 14.5 Å². The molecule has 4 aromatic carbocycles. The fourth-order valence-electron chi connectivity index (χ4n) is 5.55. The van der Waals surface area contributed by atoms with Crippen molar-refractivity contribution in [2.75, 3.05) is 43.2 Å². The van der Waals surface area contributed by atoms with E-state index in [2.05, 4.69) is 44.7 Å². The molecule has 5 N–H and O–H groups in total. The van der Waals surface area contributed by atoms with Crippen molar-refractivity contribution in [2.45, 2.75) is 33.1 Å². The fourth-order valence-corrected chi connectivity index (χ4v) is 5.55. The number of benzene rings is 4. The van der Waals surface area contributed by atoms with Gasteiger partial charge >= 0.3 is 6.03 Å². The number of aryl methyl sites for hydroxylation is 1. The molecule has 0 saturated heterocycles. The molecule has 0 aliphatic rings. The number of nitrogens with zero attached hydrogens (tertiary/aromatic N) is 5. The molecule has 13 nitrogen and oxygen atoms in total. The van der Waals surface area contributed by atoms with Crippen LogP contribution in [-0.2, 0) is 0 Å². The van der Waals surface area contributed by atoms with E-state index in [1.807, 2.05) is 75.6 Å². The molecule has 0 aliphatic heterocycles. The van der Waals surface area contributed by atoms with Crippen molar-refractivity contribution in [3.05, 3.63) is 114 Å². The lowest BCUT2D eigenvalue weighted by Crippen LogP contribution is -2.21. The van der Waals surface area contributed by atoms with Crippen molar-refractivity contribution in [1.29, 1.82) is 0 Å². The van der Waals surface area contributed by atoms with E-state index in [-0.39, 0.29) is 11.9 Å². The molecule has 6 aromatic rings. The molecule has 2 aromatic heterocycles. The summed E-state index contributed by atoms with van der Waals surface area (Å²) < 4.78 is 14.0. The minimum absolute atomic E-state index is 0.174. The summed E-state index contributed by atoms with van der Waals surface area (Å²) in [6, 6.07) is 27.2. The van der Waals surface area contributed by atoms with Crippen LogP contribution in [0.25, 0.3) is 16.5 Å². The molecule has 0 spiro atoms. The number of hydrogen-bond acceptors (Lipinski definition) is 9. The van der Waals surface area contributed by atoms with Gasteiger partial charge in [0.15, 0.2) is 0 Å². The van der Waals surface area contributed by atoms with E-state index in [1.54, 1.807) is 47.3 Å². The minimum atomic E-state index is -0.554. The van der Waals surface area contributed by atoms with Crippen molar-refractivity contribution in [2.24, 2.45) is 5.73 Å². The number of fused-ring (bicyclic) bond motifs is 1. The van der Waals surface area contributed by atoms with Gasteiger partial charge in [0.2, 0.25) is 17.7 Å². The Labute approximate surface area is 308 Å². The highest BCUT2D eigenvalue weighted by atomic mass is 16.5. The SMILES string of the molecule is Cc1ccc(-n2nc(C(C)C)cc2NC(=O)Nc2ccc(Oc3ccnc(Nc4ccc(C(N)=O)cc4OCCCN(C)C)n3)c3ccccc23)cc1. The third-order valence-corrected chi connectivity index (χ3v) is 8.34. The van der Waals surface area contributed by atoms with Gasteiger partial charge in [-0.1, -0.05) is 55.8 Å². The highest BCUT2D eigenvalue weighted by Crippen LogP contribution is 2.35. The van der Waals surface area contributed by atoms with E-state index < -0.39 is 11.9 Å². The molecule has 6 rings (SSSR count). The second kappa shape index (κ2) is 16.3. The van der Waals surface area contributed by atoms with Crippen LogP contribution in [-0.4, -0.2) is 63.8 Å². The lowest BCUT2D eigenvalue weighted by atomic mass is 10.1. The average molecular weight is 714 g/mol. The number of amides is 3. The molecule has 0 radical (unpaired) electrons. The number of urea groups is 1. The first-order valence-corrected chi connectivity index (χ1v) is 17.3. The van der Waals surface area contributed by atoms with E-state index in [0.29, 0.717) is 46.7 Å². The molecule has 0 atom stereocenters. The molecule has 272 valence electrons. The first-order valence-electron chi connectivity index (χ1n) is 17.3. The second-order valence-corrected chi connectivity index (χ2v) is 13.1. The quantitative estimate of drug-likeness (QED) is 0.0824. The number of carbonyl (C=O) groups excluding carboxylic acids is 2. The molecule has 3 amide bonds. The Hall–Kier alpha value is -6.47. The van der Waals surface area contributed by atoms with Gasteiger partial charge in [0.25, 0.3) is 0 Å². The molecule has 0 bridgehead atoms. The van der Waals surface area contributed by atoms with Crippen LogP contribution in [0.3, 0.4) is 0 Å². The first-order chi connectivity index (χ1) is 25.5. The van der Waals surface area contributed by atoms with Crippen LogP contribution in [0.4, 0.5) is 27.9 Å². The average Bonchev–Trinajstić information content (AvgIpc) is 3.56. The highest BCUT2D eigenvalue weighted by Gasteiger charge is 2.17. The second-order valence-electron chi connectivity index (χ2n) is 13.1. The zero-order chi connectivity index (χ0) is 37.5. The third-order valence-electron chi connectivity index (χ3n) is 8.34. The van der Waals surface area contributed by atoms with E-state index in [0.717, 1.165) is 40.7 Å². The fraction of sp³-hybridized carbons (Fsp3) is 0.225. The van der Waals surface area contributed by atoms with Crippen molar-refractivity contribution in [3.8, 4) is 23.1 Å². The Kier molecular flexibility index (Phi) is 11.1. The van der Waals surface area contributed by atoms with Crippen LogP contribution in [0.2, 0.25) is 0 Å². The van der Waals surface area contributed by atoms with E-state index in [9.17, 15) is 9.59 Å². The Morgan fingerprint density at radius 3 is 2.38 bits per heavy atom. The molecule has 0 saturated carbocycles. The number of nitrogens with two attached hydrogens (primary N) is 1. The number of ether oxygens (including phenoxy) is 2. The molecular weight excluding hydrogens is 670 g/mol. The molecular formula is C40H43N9O4. The van der Waals surface area contributed by atoms with E-state index in [1.165, 1.54) is 0 Å². The maximum atomic E-state index is 13.4. The predicted molar refractivity (Wildman–Crippen MR) is 208 cm³/mol. The van der Waals surface area contributed by atoms with Gasteiger partial charge in [-0.15, -0.1) is 0 Å². The number of aromatic nitrogens is 4. The van der Waals surface area contributed by atoms with Crippen LogP contribution in [0, 0.1) is 6.92 Å². The van der Waals surface area contributed by atoms with Gasteiger partial charge in [-0.3, -0.25) is 10.1 Å². The summed E-state index contributed by atoms with van der Waals surface area (Å²) in [6.07, 6.45) is 2.37. The normalized spacial score (nSPS) is 11.2. The van der Waals surface area contributed by atoms with E-state index in [4.69, 9.17) is 20.3 Å². The summed E-state index contributed by atoms with van der Waals surface area (Å²) >= 11 is 0. The number of hydrogen-bond donors (Lipinski definition) is 4. The largest absolute Gasteiger partial charge is 0.491 e. The standard InChI is InChI=1S/C40H43N9O4/c1-25(2)33-24-36(49(47-33)28-14-11-26(3)12-15-28)45-40(51)44-31-17-18-34(30-10-7-6-9-29(30)31)53-37-19-20-42-39(46-37)43-32-16-13-27(38(41)50)23-35(32)52-22-8-21-48(4)5/h6-7,9-20,23-25H,8,21-22H2,1-5H3,(H2,41,50)(H,42,43,46)(H2,44,45,51). The number of primary amides is 1. The number of rotatable bonds is 14. The Balaban J connectivity index is 1.19. The van der Waals surface area contributed by atoms with Crippen LogP contribution in [0.15, 0.2) is 97.2 Å². The van der Waals surface area contributed by atoms with Crippen molar-refractivity contribution in [1.82, 2.24) is 24.6 Å². The van der Waals surface area contributed by atoms with E-state index >= 15 is 0 Å². The van der Waals surface area contributed by atoms with Crippen molar-refractivity contribution in [3.63, 3.8) is 0 Å². The lowest BCUT2D eigenvalue weighted by Gasteiger charge is -2.16. The smallest absolute Gasteiger partial charge is 0.324 e. The van der Waals surface area contributed by atoms with Crippen molar-refractivity contribution < 1.29 is 19.1 Å². The van der Waals surface area contributed by atoms with Gasteiger partial charge in [-0.2, -0.15) is 10.1 Å². The minimum Gasteiger partial charge on any atom is -0.491 e. The van der Waals surface area contributed by atoms with Crippen molar-refractivity contribution >= 4 is 45.9 Å². The third kappa shape index (κ3) is 9.07. The Bertz CT molecular complexity index is 2230. The number of nitrogens with one attached hydrogen (secondary N) is 3. The molecule has 13 heteroatoms. The summed E-state index contributed by atoms with van der Waals surface area (Å²) in [5.74, 6) is 1.71. The van der Waals surface area contributed by atoms with Crippen LogP contribution < -0.4 is 31.2 Å². The van der Waals surface area contributed by atoms with Crippen LogP contribution >= 0.6 is 0 Å². The summed E-state index contributed by atoms with van der Waals surface area (Å²) in [6.45, 7) is 7.44. The van der Waals surface area contributed by atoms with Gasteiger partial charge in [-0.05, 0) is 75.8 Å². The Morgan fingerprint density at radius 2 is 1.64 bits per heavy atom. The van der Waals surface area contributed by atoms with Gasteiger partial charge < -0.3 is 30.7 Å². The maximum absolute atomic E-state index is 13.4. The van der Waals surface area contributed by atoms with Gasteiger partial charge in [0.05, 0.1) is 29.4 Å². The molecule has 2 heterocycles. The topological polar surface area (TPSA) is 162 Å². The number of anilines is 4. The monoisotopic (exact) mass is 713 g/mol. The summed E-state index contributed by atoms with van der Waals surface area (Å²) in [5.41, 5.74) is 9.86. The van der Waals surface area contributed by atoms with Crippen LogP contribution in [0.1, 0.15) is 47.8 Å². The predicted octanol–water partition coefficient (Wildman–Crippen LogP) is 7.86. The summed E-state index contributed by atoms with van der Waals surface area (Å²) in [4.78, 5) is 36.3. The molecule has 53 heavy (non-hydrogen) atoms. The van der Waals surface area contributed by atoms with Gasteiger partial charge in [0.1, 0.15) is 17.3 Å². The van der Waals surface area contributed by atoms with Crippen LogP contribution in [0.5, 0.6) is 17.4 Å². The zero-order valence-electron chi connectivity index (χ0n) is 30.4. The molecule has 0 fully saturated rings. The highest BCUT2D eigenvalue weighted by molar-refractivity contribution is 6.07. The zero-order valence-corrected chi connectivity index (χ0v) is 30.4. The summed E-state index contributed by atoms with van der Waals surface area (Å²) in [5, 5.41) is 15.5. The molecule has 0 unspecified atom stereocenters. The maximum Gasteiger partial charge on any atom is 0.324 e. The van der Waals surface area contributed by atoms with Gasteiger partial charge in [0, 0.05) is 41.2 Å². The first kappa shape index (κ1) is 36.3. The molecule has 0 aliphatic carbocycles. The summed E-state index contributed by atoms with van der Waals surface area (Å²) in [7, 11) is 3.99.